The molecule has 3 nitrogen and oxygen atoms in total. The van der Waals surface area contributed by atoms with Gasteiger partial charge in [0.15, 0.2) is 0 Å². The topological polar surface area (TPSA) is 45.1 Å². The van der Waals surface area contributed by atoms with Crippen LogP contribution in [0.4, 0.5) is 0 Å². The molecule has 0 saturated heterocycles. The highest BCUT2D eigenvalue weighted by molar-refractivity contribution is 5.03. The first-order valence-corrected chi connectivity index (χ1v) is 4.98. The molecule has 1 rings (SSSR count). The molecule has 0 fully saturated rings. The molecule has 0 spiro atoms. The number of rotatable bonds is 5. The lowest BCUT2D eigenvalue weighted by Crippen LogP contribution is -2.36. The maximum atomic E-state index is 9.09. The zero-order valence-electron chi connectivity index (χ0n) is 8.77. The fraction of sp³-hybridized carbons (Fsp3) is 0.545. The molecule has 0 aromatic carbocycles. The molecule has 3 heteroatoms. The number of aliphatic hydroxyl groups is 1. The minimum atomic E-state index is 0.150. The summed E-state index contributed by atoms with van der Waals surface area (Å²) in [5, 5.41) is 12.4. The lowest BCUT2D eigenvalue weighted by molar-refractivity contribution is 0.209. The fourth-order valence-corrected chi connectivity index (χ4v) is 1.25. The van der Waals surface area contributed by atoms with Crippen LogP contribution in [0.5, 0.6) is 0 Å². The van der Waals surface area contributed by atoms with Crippen molar-refractivity contribution in [1.29, 1.82) is 0 Å². The van der Waals surface area contributed by atoms with Gasteiger partial charge in [-0.05, 0) is 18.1 Å². The zero-order chi connectivity index (χ0) is 10.4. The number of nitrogens with zero attached hydrogens (tertiary/aromatic N) is 1. The molecule has 0 amide bonds. The third kappa shape index (κ3) is 3.44. The van der Waals surface area contributed by atoms with Crippen molar-refractivity contribution < 1.29 is 5.11 Å². The Morgan fingerprint density at radius 1 is 1.43 bits per heavy atom. The fourth-order valence-electron chi connectivity index (χ4n) is 1.25. The third-order valence-electron chi connectivity index (χ3n) is 2.27. The Labute approximate surface area is 85.2 Å². The lowest BCUT2D eigenvalue weighted by Gasteiger charge is -2.19. The van der Waals surface area contributed by atoms with E-state index in [1.54, 1.807) is 6.20 Å². The summed E-state index contributed by atoms with van der Waals surface area (Å²) in [5.74, 6) is 0.434. The first-order chi connectivity index (χ1) is 6.74. The molecule has 2 N–H and O–H groups in total. The van der Waals surface area contributed by atoms with Gasteiger partial charge in [0.1, 0.15) is 0 Å². The molecule has 1 atom stereocenters. The Hall–Kier alpha value is -0.930. The van der Waals surface area contributed by atoms with E-state index in [0.717, 1.165) is 5.69 Å². The van der Waals surface area contributed by atoms with Gasteiger partial charge >= 0.3 is 0 Å². The quantitative estimate of drug-likeness (QED) is 0.740. The van der Waals surface area contributed by atoms with Crippen molar-refractivity contribution in [3.8, 4) is 0 Å². The smallest absolute Gasteiger partial charge is 0.0587 e. The van der Waals surface area contributed by atoms with Crippen LogP contribution in [0.15, 0.2) is 24.4 Å². The van der Waals surface area contributed by atoms with Crippen LogP contribution in [0.2, 0.25) is 0 Å². The van der Waals surface area contributed by atoms with Gasteiger partial charge in [-0.15, -0.1) is 0 Å². The molecule has 1 aromatic heterocycles. The molecule has 0 radical (unpaired) electrons. The molecular weight excluding hydrogens is 176 g/mol. The van der Waals surface area contributed by atoms with E-state index in [-0.39, 0.29) is 12.6 Å². The summed E-state index contributed by atoms with van der Waals surface area (Å²) < 4.78 is 0. The van der Waals surface area contributed by atoms with Gasteiger partial charge in [0, 0.05) is 18.8 Å². The molecule has 0 aliphatic rings. The Bertz CT molecular complexity index is 249. The molecule has 1 heterocycles. The van der Waals surface area contributed by atoms with E-state index in [1.165, 1.54) is 0 Å². The summed E-state index contributed by atoms with van der Waals surface area (Å²) in [7, 11) is 0. The maximum absolute atomic E-state index is 9.09. The molecule has 0 aliphatic carbocycles. The Morgan fingerprint density at radius 3 is 2.71 bits per heavy atom. The molecule has 0 bridgehead atoms. The van der Waals surface area contributed by atoms with E-state index in [0.29, 0.717) is 12.5 Å². The molecule has 78 valence electrons. The molecule has 14 heavy (non-hydrogen) atoms. The van der Waals surface area contributed by atoms with Gasteiger partial charge in [0.2, 0.25) is 0 Å². The van der Waals surface area contributed by atoms with E-state index in [2.05, 4.69) is 24.1 Å². The second kappa shape index (κ2) is 5.73. The summed E-state index contributed by atoms with van der Waals surface area (Å²) in [4.78, 5) is 4.20. The number of nitrogens with one attached hydrogen (secondary N) is 1. The standard InChI is InChI=1S/C11H18N2O/c1-9(2)11(8-14)13-7-10-5-3-4-6-12-10/h3-6,9,11,13-14H,7-8H2,1-2H3/t11-/m1/s1. The number of hydrogen-bond acceptors (Lipinski definition) is 3. The van der Waals surface area contributed by atoms with Gasteiger partial charge in [0.25, 0.3) is 0 Å². The van der Waals surface area contributed by atoms with Crippen LogP contribution in [0.3, 0.4) is 0 Å². The van der Waals surface area contributed by atoms with E-state index in [9.17, 15) is 0 Å². The SMILES string of the molecule is CC(C)[C@@H](CO)NCc1ccccn1. The average Bonchev–Trinajstić information content (AvgIpc) is 2.20. The van der Waals surface area contributed by atoms with Gasteiger partial charge < -0.3 is 10.4 Å². The van der Waals surface area contributed by atoms with Gasteiger partial charge in [-0.3, -0.25) is 4.98 Å². The summed E-state index contributed by atoms with van der Waals surface area (Å²) in [6.45, 7) is 5.06. The number of aliphatic hydroxyl groups excluding tert-OH is 1. The second-order valence-corrected chi connectivity index (χ2v) is 3.74. The van der Waals surface area contributed by atoms with Crippen molar-refractivity contribution in [3.05, 3.63) is 30.1 Å². The van der Waals surface area contributed by atoms with E-state index in [4.69, 9.17) is 5.11 Å². The van der Waals surface area contributed by atoms with Crippen LogP contribution in [0.25, 0.3) is 0 Å². The molecule has 0 aliphatic heterocycles. The van der Waals surface area contributed by atoms with Crippen LogP contribution in [-0.4, -0.2) is 22.7 Å². The molecule has 1 aromatic rings. The first kappa shape index (κ1) is 11.1. The Kier molecular flexibility index (Phi) is 4.56. The Balaban J connectivity index is 2.40. The van der Waals surface area contributed by atoms with Gasteiger partial charge in [0.05, 0.1) is 12.3 Å². The van der Waals surface area contributed by atoms with Gasteiger partial charge in [-0.25, -0.2) is 0 Å². The number of aromatic nitrogens is 1. The number of pyridine rings is 1. The van der Waals surface area contributed by atoms with Crippen molar-refractivity contribution >= 4 is 0 Å². The van der Waals surface area contributed by atoms with Crippen LogP contribution < -0.4 is 5.32 Å². The first-order valence-electron chi connectivity index (χ1n) is 4.98. The predicted octanol–water partition coefficient (Wildman–Crippen LogP) is 1.19. The van der Waals surface area contributed by atoms with E-state index in [1.807, 2.05) is 18.2 Å². The van der Waals surface area contributed by atoms with Crippen molar-refractivity contribution in [2.24, 2.45) is 5.92 Å². The highest BCUT2D eigenvalue weighted by Gasteiger charge is 2.10. The van der Waals surface area contributed by atoms with Crippen molar-refractivity contribution in [2.45, 2.75) is 26.4 Å². The van der Waals surface area contributed by atoms with E-state index < -0.39 is 0 Å². The maximum Gasteiger partial charge on any atom is 0.0587 e. The van der Waals surface area contributed by atoms with Crippen LogP contribution in [0, 0.1) is 5.92 Å². The molecule has 0 saturated carbocycles. The van der Waals surface area contributed by atoms with Gasteiger partial charge in [-0.1, -0.05) is 19.9 Å². The minimum Gasteiger partial charge on any atom is -0.395 e. The average molecular weight is 194 g/mol. The van der Waals surface area contributed by atoms with Crippen LogP contribution >= 0.6 is 0 Å². The third-order valence-corrected chi connectivity index (χ3v) is 2.27. The van der Waals surface area contributed by atoms with Crippen molar-refractivity contribution in [1.82, 2.24) is 10.3 Å². The lowest BCUT2D eigenvalue weighted by atomic mass is 10.1. The summed E-state index contributed by atoms with van der Waals surface area (Å²) >= 11 is 0. The monoisotopic (exact) mass is 194 g/mol. The van der Waals surface area contributed by atoms with Crippen LogP contribution in [0.1, 0.15) is 19.5 Å². The molecular formula is C11H18N2O. The minimum absolute atomic E-state index is 0.150. The highest BCUT2D eigenvalue weighted by Crippen LogP contribution is 2.01. The summed E-state index contributed by atoms with van der Waals surface area (Å²) in [6, 6.07) is 5.99. The zero-order valence-corrected chi connectivity index (χ0v) is 8.77. The highest BCUT2D eigenvalue weighted by atomic mass is 16.3. The molecule has 0 unspecified atom stereocenters. The van der Waals surface area contributed by atoms with E-state index >= 15 is 0 Å². The predicted molar refractivity (Wildman–Crippen MR) is 56.8 cm³/mol. The number of hydrogen-bond donors (Lipinski definition) is 2. The normalized spacial score (nSPS) is 13.1. The largest absolute Gasteiger partial charge is 0.395 e. The second-order valence-electron chi connectivity index (χ2n) is 3.74. The summed E-state index contributed by atoms with van der Waals surface area (Å²) in [5.41, 5.74) is 1.01. The van der Waals surface area contributed by atoms with Crippen molar-refractivity contribution in [2.75, 3.05) is 6.61 Å². The Morgan fingerprint density at radius 2 is 2.21 bits per heavy atom. The van der Waals surface area contributed by atoms with Crippen LogP contribution in [-0.2, 0) is 6.54 Å². The van der Waals surface area contributed by atoms with Crippen molar-refractivity contribution in [3.63, 3.8) is 0 Å². The summed E-state index contributed by atoms with van der Waals surface area (Å²) in [6.07, 6.45) is 1.78. The van der Waals surface area contributed by atoms with Gasteiger partial charge in [-0.2, -0.15) is 0 Å².